The van der Waals surface area contributed by atoms with Gasteiger partial charge in [-0.05, 0) is 55.3 Å². The van der Waals surface area contributed by atoms with Crippen LogP contribution >= 0.6 is 0 Å². The highest BCUT2D eigenvalue weighted by atomic mass is 32.2. The van der Waals surface area contributed by atoms with E-state index in [1.165, 1.54) is 42.5 Å². The molecule has 0 radical (unpaired) electrons. The number of ether oxygens (including phenoxy) is 1. The molecule has 3 aromatic rings. The summed E-state index contributed by atoms with van der Waals surface area (Å²) in [5.41, 5.74) is 5.63. The Morgan fingerprint density at radius 1 is 0.971 bits per heavy atom. The summed E-state index contributed by atoms with van der Waals surface area (Å²) >= 11 is 0. The summed E-state index contributed by atoms with van der Waals surface area (Å²) in [6, 6.07) is 16.4. The van der Waals surface area contributed by atoms with Crippen molar-refractivity contribution >= 4 is 33.2 Å². The third kappa shape index (κ3) is 6.54. The van der Waals surface area contributed by atoms with Crippen molar-refractivity contribution in [3.63, 3.8) is 0 Å². The molecule has 0 saturated heterocycles. The summed E-state index contributed by atoms with van der Waals surface area (Å²) in [6.45, 7) is 2.82. The molecule has 0 heterocycles. The molecule has 0 aromatic heterocycles. The van der Waals surface area contributed by atoms with Crippen LogP contribution in [0.1, 0.15) is 21.5 Å². The lowest BCUT2D eigenvalue weighted by atomic mass is 10.1. The van der Waals surface area contributed by atoms with Crippen molar-refractivity contribution in [1.82, 2.24) is 10.9 Å². The number of nitrogens with zero attached hydrogens (tertiary/aromatic N) is 1. The van der Waals surface area contributed by atoms with Crippen molar-refractivity contribution in [1.29, 1.82) is 0 Å². The average molecular weight is 499 g/mol. The Kier molecular flexibility index (Phi) is 7.66. The predicted octanol–water partition coefficient (Wildman–Crippen LogP) is 2.85. The standard InChI is InChI=1S/C23H22N4O7S/c1-15-6-5-7-18(12-15)26-35(32,33)21-13-17(11-10-16(21)2)23(29)25-24-22(28)14-34-20-9-4-3-8-19(20)27(30)31/h3-13,26H,14H2,1-2H3,(H,24,28)(H,25,29). The van der Waals surface area contributed by atoms with E-state index in [0.717, 1.165) is 5.56 Å². The molecule has 12 heteroatoms. The Morgan fingerprint density at radius 2 is 1.71 bits per heavy atom. The lowest BCUT2D eigenvalue weighted by Gasteiger charge is -2.13. The fourth-order valence-corrected chi connectivity index (χ4v) is 4.38. The molecular formula is C23H22N4O7S. The van der Waals surface area contributed by atoms with Crippen LogP contribution in [-0.4, -0.2) is 31.8 Å². The SMILES string of the molecule is Cc1cccc(NS(=O)(=O)c2cc(C(=O)NNC(=O)COc3ccccc3[N+](=O)[O-])ccc2C)c1. The summed E-state index contributed by atoms with van der Waals surface area (Å²) in [4.78, 5) is 34.8. The number of para-hydroxylation sites is 2. The normalized spacial score (nSPS) is 10.8. The maximum Gasteiger partial charge on any atom is 0.310 e. The van der Waals surface area contributed by atoms with Crippen LogP contribution in [0.15, 0.2) is 71.6 Å². The summed E-state index contributed by atoms with van der Waals surface area (Å²) in [5.74, 6) is -1.65. The van der Waals surface area contributed by atoms with Gasteiger partial charge in [-0.15, -0.1) is 0 Å². The Morgan fingerprint density at radius 3 is 2.43 bits per heavy atom. The number of aryl methyl sites for hydroxylation is 2. The number of benzene rings is 3. The van der Waals surface area contributed by atoms with Crippen LogP contribution < -0.4 is 20.3 Å². The Labute approximate surface area is 201 Å². The highest BCUT2D eigenvalue weighted by Crippen LogP contribution is 2.25. The number of sulfonamides is 1. The van der Waals surface area contributed by atoms with E-state index in [0.29, 0.717) is 11.3 Å². The first-order valence-corrected chi connectivity index (χ1v) is 11.7. The number of nitrogens with one attached hydrogen (secondary N) is 3. The van der Waals surface area contributed by atoms with E-state index in [-0.39, 0.29) is 21.9 Å². The number of carbonyl (C=O) groups is 2. The van der Waals surface area contributed by atoms with E-state index in [4.69, 9.17) is 4.74 Å². The minimum Gasteiger partial charge on any atom is -0.477 e. The van der Waals surface area contributed by atoms with Crippen molar-refractivity contribution in [3.8, 4) is 5.75 Å². The molecular weight excluding hydrogens is 476 g/mol. The van der Waals surface area contributed by atoms with Gasteiger partial charge in [-0.2, -0.15) is 0 Å². The van der Waals surface area contributed by atoms with Crippen molar-refractivity contribution in [2.75, 3.05) is 11.3 Å². The van der Waals surface area contributed by atoms with Gasteiger partial charge >= 0.3 is 5.69 Å². The third-order valence-electron chi connectivity index (χ3n) is 4.75. The molecule has 35 heavy (non-hydrogen) atoms. The van der Waals surface area contributed by atoms with Crippen LogP contribution in [0.3, 0.4) is 0 Å². The number of nitro benzene ring substituents is 1. The molecule has 11 nitrogen and oxygen atoms in total. The minimum atomic E-state index is -3.99. The predicted molar refractivity (Wildman–Crippen MR) is 127 cm³/mol. The van der Waals surface area contributed by atoms with Gasteiger partial charge in [0.05, 0.1) is 9.82 Å². The topological polar surface area (TPSA) is 157 Å². The van der Waals surface area contributed by atoms with Gasteiger partial charge in [0.15, 0.2) is 12.4 Å². The second-order valence-electron chi connectivity index (χ2n) is 7.47. The van der Waals surface area contributed by atoms with Gasteiger partial charge in [0.2, 0.25) is 0 Å². The van der Waals surface area contributed by atoms with Crippen LogP contribution in [0.5, 0.6) is 5.75 Å². The number of rotatable bonds is 8. The van der Waals surface area contributed by atoms with Crippen molar-refractivity contribution in [2.45, 2.75) is 18.7 Å². The number of nitro groups is 1. The molecule has 0 atom stereocenters. The molecule has 0 aliphatic rings. The summed E-state index contributed by atoms with van der Waals surface area (Å²) in [5, 5.41) is 11.0. The maximum atomic E-state index is 12.9. The van der Waals surface area contributed by atoms with Gasteiger partial charge in [-0.25, -0.2) is 8.42 Å². The van der Waals surface area contributed by atoms with Crippen molar-refractivity contribution < 1.29 is 27.7 Å². The maximum absolute atomic E-state index is 12.9. The van der Waals surface area contributed by atoms with Gasteiger partial charge in [0.25, 0.3) is 21.8 Å². The fourth-order valence-electron chi connectivity index (χ4n) is 3.06. The fraction of sp³-hybridized carbons (Fsp3) is 0.130. The molecule has 3 N–H and O–H groups in total. The first-order chi connectivity index (χ1) is 16.6. The highest BCUT2D eigenvalue weighted by Gasteiger charge is 2.20. The smallest absolute Gasteiger partial charge is 0.310 e. The van der Waals surface area contributed by atoms with E-state index in [9.17, 15) is 28.1 Å². The van der Waals surface area contributed by atoms with Crippen LogP contribution in [0, 0.1) is 24.0 Å². The summed E-state index contributed by atoms with van der Waals surface area (Å²) in [6.07, 6.45) is 0. The molecule has 0 unspecified atom stereocenters. The molecule has 0 aliphatic carbocycles. The van der Waals surface area contributed by atoms with E-state index < -0.39 is 33.4 Å². The third-order valence-corrected chi connectivity index (χ3v) is 6.27. The first-order valence-electron chi connectivity index (χ1n) is 10.2. The number of anilines is 1. The number of hydrogen-bond acceptors (Lipinski definition) is 7. The number of carbonyl (C=O) groups excluding carboxylic acids is 2. The van der Waals surface area contributed by atoms with Crippen LogP contribution in [0.4, 0.5) is 11.4 Å². The molecule has 182 valence electrons. The Hall–Kier alpha value is -4.45. The van der Waals surface area contributed by atoms with Gasteiger partial charge < -0.3 is 4.74 Å². The number of amides is 2. The highest BCUT2D eigenvalue weighted by molar-refractivity contribution is 7.92. The van der Waals surface area contributed by atoms with Gasteiger partial charge in [0.1, 0.15) is 0 Å². The van der Waals surface area contributed by atoms with Crippen LogP contribution in [-0.2, 0) is 14.8 Å². The second-order valence-corrected chi connectivity index (χ2v) is 9.12. The molecule has 3 rings (SSSR count). The van der Waals surface area contributed by atoms with Gasteiger partial charge in [-0.1, -0.05) is 30.3 Å². The number of hydrazine groups is 1. The van der Waals surface area contributed by atoms with Gasteiger partial charge in [0, 0.05) is 17.3 Å². The van der Waals surface area contributed by atoms with E-state index in [1.54, 1.807) is 25.1 Å². The van der Waals surface area contributed by atoms with Crippen molar-refractivity contribution in [3.05, 3.63) is 93.5 Å². The molecule has 0 spiro atoms. The molecule has 0 bridgehead atoms. The molecule has 0 saturated carbocycles. The lowest BCUT2D eigenvalue weighted by Crippen LogP contribution is -2.43. The molecule has 0 fully saturated rings. The van der Waals surface area contributed by atoms with E-state index >= 15 is 0 Å². The van der Waals surface area contributed by atoms with Gasteiger partial charge in [-0.3, -0.25) is 35.3 Å². The summed E-state index contributed by atoms with van der Waals surface area (Å²) < 4.78 is 33.4. The first kappa shape index (κ1) is 25.2. The monoisotopic (exact) mass is 498 g/mol. The quantitative estimate of drug-likeness (QED) is 0.318. The van der Waals surface area contributed by atoms with E-state index in [2.05, 4.69) is 15.6 Å². The van der Waals surface area contributed by atoms with Crippen LogP contribution in [0.25, 0.3) is 0 Å². The largest absolute Gasteiger partial charge is 0.477 e. The van der Waals surface area contributed by atoms with Crippen LogP contribution in [0.2, 0.25) is 0 Å². The molecule has 3 aromatic carbocycles. The zero-order chi connectivity index (χ0) is 25.6. The lowest BCUT2D eigenvalue weighted by molar-refractivity contribution is -0.385. The number of hydrogen-bond donors (Lipinski definition) is 3. The average Bonchev–Trinajstić information content (AvgIpc) is 2.81. The summed E-state index contributed by atoms with van der Waals surface area (Å²) in [7, 11) is -3.99. The molecule has 0 aliphatic heterocycles. The Balaban J connectivity index is 1.64. The van der Waals surface area contributed by atoms with Crippen molar-refractivity contribution in [2.24, 2.45) is 0 Å². The zero-order valence-corrected chi connectivity index (χ0v) is 19.6. The molecule has 2 amide bonds. The Bertz CT molecular complexity index is 1390. The second kappa shape index (κ2) is 10.7. The minimum absolute atomic E-state index is 0.0138. The van der Waals surface area contributed by atoms with E-state index in [1.807, 2.05) is 13.0 Å². The zero-order valence-electron chi connectivity index (χ0n) is 18.8.